The topological polar surface area (TPSA) is 32.3 Å². The predicted octanol–water partition coefficient (Wildman–Crippen LogP) is 3.92. The van der Waals surface area contributed by atoms with E-state index in [0.717, 1.165) is 23.6 Å². The Kier molecular flexibility index (Phi) is 5.67. The minimum atomic E-state index is 0.423. The fourth-order valence-electron chi connectivity index (χ4n) is 2.59. The van der Waals surface area contributed by atoms with Gasteiger partial charge in [0.2, 0.25) is 0 Å². The SMILES string of the molecule is CCC(CC)C(C)NCc1cc(C)c(O)c(C)c1. The highest BCUT2D eigenvalue weighted by molar-refractivity contribution is 5.42. The van der Waals surface area contributed by atoms with Crippen LogP contribution in [-0.4, -0.2) is 11.1 Å². The minimum Gasteiger partial charge on any atom is -0.507 e. The van der Waals surface area contributed by atoms with Crippen LogP contribution < -0.4 is 5.32 Å². The molecule has 2 N–H and O–H groups in total. The van der Waals surface area contributed by atoms with Crippen LogP contribution in [0.15, 0.2) is 12.1 Å². The molecule has 0 saturated carbocycles. The Balaban J connectivity index is 2.64. The second-order valence-corrected chi connectivity index (χ2v) is 5.32. The zero-order chi connectivity index (χ0) is 13.7. The highest BCUT2D eigenvalue weighted by Crippen LogP contribution is 2.23. The Morgan fingerprint density at radius 2 is 1.61 bits per heavy atom. The first kappa shape index (κ1) is 15.0. The molecule has 1 rings (SSSR count). The van der Waals surface area contributed by atoms with Crippen LogP contribution in [0.1, 0.15) is 50.3 Å². The van der Waals surface area contributed by atoms with Crippen molar-refractivity contribution in [1.29, 1.82) is 0 Å². The van der Waals surface area contributed by atoms with Gasteiger partial charge in [-0.1, -0.05) is 38.8 Å². The molecule has 0 aromatic heterocycles. The molecule has 18 heavy (non-hydrogen) atoms. The second-order valence-electron chi connectivity index (χ2n) is 5.32. The van der Waals surface area contributed by atoms with Crippen molar-refractivity contribution in [2.45, 2.75) is 60.0 Å². The molecule has 0 amide bonds. The fraction of sp³-hybridized carbons (Fsp3) is 0.625. The minimum absolute atomic E-state index is 0.423. The summed E-state index contributed by atoms with van der Waals surface area (Å²) in [6.07, 6.45) is 2.44. The zero-order valence-corrected chi connectivity index (χ0v) is 12.4. The van der Waals surface area contributed by atoms with Crippen molar-refractivity contribution in [3.63, 3.8) is 0 Å². The summed E-state index contributed by atoms with van der Waals surface area (Å²) >= 11 is 0. The van der Waals surface area contributed by atoms with Gasteiger partial charge in [-0.3, -0.25) is 0 Å². The summed E-state index contributed by atoms with van der Waals surface area (Å²) in [5, 5.41) is 13.3. The predicted molar refractivity (Wildman–Crippen MR) is 78.0 cm³/mol. The monoisotopic (exact) mass is 249 g/mol. The molecule has 1 unspecified atom stereocenters. The second kappa shape index (κ2) is 6.79. The molecule has 0 aliphatic rings. The summed E-state index contributed by atoms with van der Waals surface area (Å²) in [5.74, 6) is 1.16. The standard InChI is InChI=1S/C16H27NO/c1-6-15(7-2)13(5)17-10-14-8-11(3)16(18)12(4)9-14/h8-9,13,15,17-18H,6-7,10H2,1-5H3. The number of aromatic hydroxyl groups is 1. The van der Waals surface area contributed by atoms with Crippen LogP contribution in [0.5, 0.6) is 5.75 Å². The van der Waals surface area contributed by atoms with Gasteiger partial charge in [0.25, 0.3) is 0 Å². The number of hydrogen-bond donors (Lipinski definition) is 2. The lowest BCUT2D eigenvalue weighted by molar-refractivity contribution is 0.353. The first-order valence-electron chi connectivity index (χ1n) is 7.02. The summed E-state index contributed by atoms with van der Waals surface area (Å²) < 4.78 is 0. The van der Waals surface area contributed by atoms with Gasteiger partial charge >= 0.3 is 0 Å². The lowest BCUT2D eigenvalue weighted by Gasteiger charge is -2.23. The third kappa shape index (κ3) is 3.74. The summed E-state index contributed by atoms with van der Waals surface area (Å²) in [5.41, 5.74) is 3.17. The average Bonchev–Trinajstić information content (AvgIpc) is 2.34. The number of phenols is 1. The molecule has 0 saturated heterocycles. The molecule has 2 heteroatoms. The number of nitrogens with one attached hydrogen (secondary N) is 1. The maximum atomic E-state index is 9.75. The maximum absolute atomic E-state index is 9.75. The molecule has 102 valence electrons. The molecule has 2 nitrogen and oxygen atoms in total. The molecular weight excluding hydrogens is 222 g/mol. The normalized spacial score (nSPS) is 13.0. The lowest BCUT2D eigenvalue weighted by Crippen LogP contribution is -2.32. The van der Waals surface area contributed by atoms with Crippen molar-refractivity contribution in [2.75, 3.05) is 0 Å². The van der Waals surface area contributed by atoms with Gasteiger partial charge in [-0.2, -0.15) is 0 Å². The van der Waals surface area contributed by atoms with Crippen LogP contribution in [0, 0.1) is 19.8 Å². The summed E-state index contributed by atoms with van der Waals surface area (Å²) in [6.45, 7) is 11.5. The van der Waals surface area contributed by atoms with E-state index in [1.165, 1.54) is 18.4 Å². The highest BCUT2D eigenvalue weighted by atomic mass is 16.3. The number of phenolic OH excluding ortho intramolecular Hbond substituents is 1. The van der Waals surface area contributed by atoms with Gasteiger partial charge < -0.3 is 10.4 Å². The van der Waals surface area contributed by atoms with Crippen LogP contribution in [0.4, 0.5) is 0 Å². The van der Waals surface area contributed by atoms with Gasteiger partial charge in [-0.25, -0.2) is 0 Å². The van der Waals surface area contributed by atoms with E-state index in [1.54, 1.807) is 0 Å². The van der Waals surface area contributed by atoms with Crippen molar-refractivity contribution >= 4 is 0 Å². The van der Waals surface area contributed by atoms with Gasteiger partial charge in [0.1, 0.15) is 5.75 Å². The average molecular weight is 249 g/mol. The van der Waals surface area contributed by atoms with E-state index >= 15 is 0 Å². The van der Waals surface area contributed by atoms with Gasteiger partial charge in [0.05, 0.1) is 0 Å². The largest absolute Gasteiger partial charge is 0.507 e. The fourth-order valence-corrected chi connectivity index (χ4v) is 2.59. The number of benzene rings is 1. The van der Waals surface area contributed by atoms with Crippen LogP contribution in [0.3, 0.4) is 0 Å². The first-order chi connectivity index (χ1) is 8.49. The molecule has 0 aliphatic heterocycles. The van der Waals surface area contributed by atoms with Crippen molar-refractivity contribution in [2.24, 2.45) is 5.92 Å². The van der Waals surface area contributed by atoms with E-state index < -0.39 is 0 Å². The molecule has 0 aliphatic carbocycles. The van der Waals surface area contributed by atoms with E-state index in [1.807, 2.05) is 13.8 Å². The molecule has 0 spiro atoms. The molecule has 1 atom stereocenters. The molecule has 1 aromatic rings. The van der Waals surface area contributed by atoms with E-state index in [0.29, 0.717) is 11.8 Å². The summed E-state index contributed by atoms with van der Waals surface area (Å²) in [7, 11) is 0. The Labute approximate surface area is 111 Å². The van der Waals surface area contributed by atoms with Crippen LogP contribution in [-0.2, 0) is 6.54 Å². The summed E-state index contributed by atoms with van der Waals surface area (Å²) in [6, 6.07) is 4.67. The maximum Gasteiger partial charge on any atom is 0.121 e. The van der Waals surface area contributed by atoms with Gasteiger partial charge in [0, 0.05) is 12.6 Å². The van der Waals surface area contributed by atoms with Crippen LogP contribution in [0.25, 0.3) is 0 Å². The Bertz CT molecular complexity index is 360. The Morgan fingerprint density at radius 3 is 2.06 bits per heavy atom. The number of rotatable bonds is 6. The molecule has 1 aromatic carbocycles. The van der Waals surface area contributed by atoms with Crippen molar-refractivity contribution in [3.8, 4) is 5.75 Å². The quantitative estimate of drug-likeness (QED) is 0.801. The van der Waals surface area contributed by atoms with E-state index in [4.69, 9.17) is 0 Å². The highest BCUT2D eigenvalue weighted by Gasteiger charge is 2.13. The third-order valence-corrected chi connectivity index (χ3v) is 3.93. The van der Waals surface area contributed by atoms with Crippen molar-refractivity contribution in [1.82, 2.24) is 5.32 Å². The third-order valence-electron chi connectivity index (χ3n) is 3.93. The lowest BCUT2D eigenvalue weighted by atomic mass is 9.95. The van der Waals surface area contributed by atoms with E-state index in [-0.39, 0.29) is 0 Å². The number of hydrogen-bond acceptors (Lipinski definition) is 2. The van der Waals surface area contributed by atoms with Crippen LogP contribution in [0.2, 0.25) is 0 Å². The van der Waals surface area contributed by atoms with Crippen LogP contribution >= 0.6 is 0 Å². The number of aryl methyl sites for hydroxylation is 2. The molecule has 0 heterocycles. The molecule has 0 radical (unpaired) electrons. The summed E-state index contributed by atoms with van der Waals surface area (Å²) in [4.78, 5) is 0. The van der Waals surface area contributed by atoms with E-state index in [2.05, 4.69) is 38.2 Å². The molecular formula is C16H27NO. The van der Waals surface area contributed by atoms with Gasteiger partial charge in [-0.15, -0.1) is 0 Å². The smallest absolute Gasteiger partial charge is 0.121 e. The van der Waals surface area contributed by atoms with E-state index in [9.17, 15) is 5.11 Å². The first-order valence-corrected chi connectivity index (χ1v) is 7.02. The molecule has 0 bridgehead atoms. The molecule has 0 fully saturated rings. The Morgan fingerprint density at radius 1 is 1.11 bits per heavy atom. The Hall–Kier alpha value is -1.02. The zero-order valence-electron chi connectivity index (χ0n) is 12.4. The van der Waals surface area contributed by atoms with Crippen molar-refractivity contribution < 1.29 is 5.11 Å². The van der Waals surface area contributed by atoms with Gasteiger partial charge in [0.15, 0.2) is 0 Å². The van der Waals surface area contributed by atoms with Gasteiger partial charge in [-0.05, 0) is 43.4 Å². The van der Waals surface area contributed by atoms with Crippen molar-refractivity contribution in [3.05, 3.63) is 28.8 Å².